The highest BCUT2D eigenvalue weighted by Gasteiger charge is 2.19. The van der Waals surface area contributed by atoms with E-state index in [1.165, 1.54) is 4.68 Å². The molecule has 0 fully saturated rings. The second-order valence-electron chi connectivity index (χ2n) is 4.17. The fourth-order valence-electron chi connectivity index (χ4n) is 1.71. The zero-order valence-corrected chi connectivity index (χ0v) is 12.2. The van der Waals surface area contributed by atoms with Gasteiger partial charge in [0, 0.05) is 5.02 Å². The lowest BCUT2D eigenvalue weighted by Gasteiger charge is -1.98. The van der Waals surface area contributed by atoms with Crippen molar-refractivity contribution in [3.8, 4) is 17.2 Å². The molecule has 0 aliphatic rings. The van der Waals surface area contributed by atoms with Crippen LogP contribution in [0.3, 0.4) is 0 Å². The standard InChI is InChI=1S/C13H10ClN5O3/c1-2-21-13(20)12-15-11(17-22-12)10-7-19(18-16-10)9-5-3-4-8(14)6-9/h3-7H,2H2,1H3. The van der Waals surface area contributed by atoms with E-state index in [-0.39, 0.29) is 18.3 Å². The quantitative estimate of drug-likeness (QED) is 0.680. The molecule has 0 unspecified atom stereocenters. The van der Waals surface area contributed by atoms with Crippen LogP contribution in [0.1, 0.15) is 17.6 Å². The van der Waals surface area contributed by atoms with E-state index in [4.69, 9.17) is 20.9 Å². The number of carbonyl (C=O) groups is 1. The van der Waals surface area contributed by atoms with Crippen molar-refractivity contribution in [3.05, 3.63) is 41.4 Å². The molecular formula is C13H10ClN5O3. The molecule has 1 aromatic carbocycles. The number of rotatable bonds is 4. The van der Waals surface area contributed by atoms with Crippen molar-refractivity contribution >= 4 is 17.6 Å². The molecule has 0 aliphatic carbocycles. The number of nitrogens with zero attached hydrogens (tertiary/aromatic N) is 5. The van der Waals surface area contributed by atoms with Crippen molar-refractivity contribution < 1.29 is 14.1 Å². The first-order valence-corrected chi connectivity index (χ1v) is 6.74. The van der Waals surface area contributed by atoms with Crippen LogP contribution >= 0.6 is 11.6 Å². The lowest BCUT2D eigenvalue weighted by molar-refractivity contribution is 0.0470. The number of aromatic nitrogens is 5. The van der Waals surface area contributed by atoms with E-state index in [1.54, 1.807) is 31.3 Å². The van der Waals surface area contributed by atoms with E-state index in [2.05, 4.69) is 20.5 Å². The van der Waals surface area contributed by atoms with Gasteiger partial charge in [0.15, 0.2) is 5.69 Å². The molecule has 0 atom stereocenters. The van der Waals surface area contributed by atoms with Gasteiger partial charge in [-0.2, -0.15) is 4.98 Å². The summed E-state index contributed by atoms with van der Waals surface area (Å²) in [5.74, 6) is -0.756. The minimum absolute atomic E-state index is 0.149. The van der Waals surface area contributed by atoms with E-state index >= 15 is 0 Å². The van der Waals surface area contributed by atoms with Crippen LogP contribution < -0.4 is 0 Å². The van der Waals surface area contributed by atoms with E-state index < -0.39 is 5.97 Å². The van der Waals surface area contributed by atoms with Gasteiger partial charge in [0.2, 0.25) is 5.82 Å². The molecule has 8 nitrogen and oxygen atoms in total. The maximum atomic E-state index is 11.5. The Morgan fingerprint density at radius 3 is 3.09 bits per heavy atom. The van der Waals surface area contributed by atoms with Gasteiger partial charge in [-0.05, 0) is 25.1 Å². The minimum Gasteiger partial charge on any atom is -0.459 e. The highest BCUT2D eigenvalue weighted by Crippen LogP contribution is 2.17. The number of halogens is 1. The molecule has 0 aliphatic heterocycles. The summed E-state index contributed by atoms with van der Waals surface area (Å²) in [5, 5.41) is 12.2. The summed E-state index contributed by atoms with van der Waals surface area (Å²) in [6.07, 6.45) is 1.60. The van der Waals surface area contributed by atoms with Crippen molar-refractivity contribution in [2.24, 2.45) is 0 Å². The number of hydrogen-bond acceptors (Lipinski definition) is 7. The number of hydrogen-bond donors (Lipinski definition) is 0. The van der Waals surface area contributed by atoms with Gasteiger partial charge in [-0.3, -0.25) is 0 Å². The predicted octanol–water partition coefficient (Wildman–Crippen LogP) is 2.15. The number of esters is 1. The Hall–Kier alpha value is -2.74. The molecule has 0 spiro atoms. The maximum Gasteiger partial charge on any atom is 0.397 e. The smallest absolute Gasteiger partial charge is 0.397 e. The molecule has 2 aromatic heterocycles. The van der Waals surface area contributed by atoms with Crippen molar-refractivity contribution in [3.63, 3.8) is 0 Å². The third-order valence-electron chi connectivity index (χ3n) is 2.67. The van der Waals surface area contributed by atoms with Crippen LogP contribution in [0.15, 0.2) is 35.0 Å². The zero-order valence-electron chi connectivity index (χ0n) is 11.4. The summed E-state index contributed by atoms with van der Waals surface area (Å²) >= 11 is 5.93. The highest BCUT2D eigenvalue weighted by molar-refractivity contribution is 6.30. The molecule has 0 saturated heterocycles. The molecule has 0 saturated carbocycles. The van der Waals surface area contributed by atoms with Gasteiger partial charge in [0.05, 0.1) is 18.5 Å². The van der Waals surface area contributed by atoms with Crippen LogP contribution in [0, 0.1) is 0 Å². The zero-order chi connectivity index (χ0) is 15.5. The van der Waals surface area contributed by atoms with E-state index in [0.29, 0.717) is 10.7 Å². The number of ether oxygens (including phenoxy) is 1. The normalized spacial score (nSPS) is 10.6. The SMILES string of the molecule is CCOC(=O)c1nc(-c2cn(-c3cccc(Cl)c3)nn2)no1. The topological polar surface area (TPSA) is 95.9 Å². The Morgan fingerprint density at radius 1 is 1.45 bits per heavy atom. The molecular weight excluding hydrogens is 310 g/mol. The molecule has 0 bridgehead atoms. The van der Waals surface area contributed by atoms with Gasteiger partial charge < -0.3 is 9.26 Å². The van der Waals surface area contributed by atoms with Crippen LogP contribution in [0.2, 0.25) is 5.02 Å². The minimum atomic E-state index is -0.677. The Kier molecular flexibility index (Phi) is 3.84. The van der Waals surface area contributed by atoms with Gasteiger partial charge in [0.1, 0.15) is 0 Å². The first-order chi connectivity index (χ1) is 10.7. The van der Waals surface area contributed by atoms with E-state index in [1.807, 2.05) is 6.07 Å². The first-order valence-electron chi connectivity index (χ1n) is 6.37. The van der Waals surface area contributed by atoms with Crippen molar-refractivity contribution in [2.75, 3.05) is 6.61 Å². The lowest BCUT2D eigenvalue weighted by Crippen LogP contribution is -2.04. The monoisotopic (exact) mass is 319 g/mol. The van der Waals surface area contributed by atoms with Crippen molar-refractivity contribution in [1.29, 1.82) is 0 Å². The third kappa shape index (κ3) is 2.82. The fourth-order valence-corrected chi connectivity index (χ4v) is 1.90. The molecule has 3 rings (SSSR count). The van der Waals surface area contributed by atoms with Crippen LogP contribution in [0.5, 0.6) is 0 Å². The molecule has 2 heterocycles. The molecule has 0 amide bonds. The van der Waals surface area contributed by atoms with Crippen LogP contribution in [0.25, 0.3) is 17.2 Å². The van der Waals surface area contributed by atoms with Crippen LogP contribution in [-0.4, -0.2) is 37.7 Å². The lowest BCUT2D eigenvalue weighted by atomic mass is 10.3. The molecule has 112 valence electrons. The molecule has 3 aromatic rings. The van der Waals surface area contributed by atoms with Crippen molar-refractivity contribution in [2.45, 2.75) is 6.92 Å². The largest absolute Gasteiger partial charge is 0.459 e. The van der Waals surface area contributed by atoms with E-state index in [9.17, 15) is 4.79 Å². The average molecular weight is 320 g/mol. The van der Waals surface area contributed by atoms with Gasteiger partial charge in [-0.1, -0.05) is 28.0 Å². The number of carbonyl (C=O) groups excluding carboxylic acids is 1. The Morgan fingerprint density at radius 2 is 2.32 bits per heavy atom. The van der Waals surface area contributed by atoms with Gasteiger partial charge >= 0.3 is 11.9 Å². The molecule has 22 heavy (non-hydrogen) atoms. The van der Waals surface area contributed by atoms with Crippen molar-refractivity contribution in [1.82, 2.24) is 25.1 Å². The molecule has 0 N–H and O–H groups in total. The van der Waals surface area contributed by atoms with Gasteiger partial charge in [-0.15, -0.1) is 5.10 Å². The first kappa shape index (κ1) is 14.2. The average Bonchev–Trinajstić information content (AvgIpc) is 3.17. The summed E-state index contributed by atoms with van der Waals surface area (Å²) in [6, 6.07) is 7.12. The summed E-state index contributed by atoms with van der Waals surface area (Å²) in [7, 11) is 0. The summed E-state index contributed by atoms with van der Waals surface area (Å²) < 4.78 is 11.1. The Labute approximate surface area is 129 Å². The number of benzene rings is 1. The fraction of sp³-hybridized carbons (Fsp3) is 0.154. The summed E-state index contributed by atoms with van der Waals surface area (Å²) in [5.41, 5.74) is 1.10. The van der Waals surface area contributed by atoms with Gasteiger partial charge in [-0.25, -0.2) is 9.48 Å². The Balaban J connectivity index is 1.86. The maximum absolute atomic E-state index is 11.5. The summed E-state index contributed by atoms with van der Waals surface area (Å²) in [4.78, 5) is 15.4. The third-order valence-corrected chi connectivity index (χ3v) is 2.91. The highest BCUT2D eigenvalue weighted by atomic mass is 35.5. The molecule has 0 radical (unpaired) electrons. The van der Waals surface area contributed by atoms with Crippen LogP contribution in [0.4, 0.5) is 0 Å². The second-order valence-corrected chi connectivity index (χ2v) is 4.61. The second kappa shape index (κ2) is 5.94. The Bertz CT molecular complexity index is 813. The van der Waals surface area contributed by atoms with E-state index in [0.717, 1.165) is 5.69 Å². The summed E-state index contributed by atoms with van der Waals surface area (Å²) in [6.45, 7) is 1.91. The van der Waals surface area contributed by atoms with Crippen LogP contribution in [-0.2, 0) is 4.74 Å². The van der Waals surface area contributed by atoms with Gasteiger partial charge in [0.25, 0.3) is 0 Å². The molecule has 9 heteroatoms. The predicted molar refractivity (Wildman–Crippen MR) is 75.6 cm³/mol.